The van der Waals surface area contributed by atoms with Crippen molar-refractivity contribution in [2.24, 2.45) is 0 Å². The lowest BCUT2D eigenvalue weighted by Gasteiger charge is -2.05. The van der Waals surface area contributed by atoms with Crippen molar-refractivity contribution in [2.75, 3.05) is 51.2 Å². The number of rotatable bonds is 8. The molecule has 0 fully saturated rings. The molecule has 0 saturated carbocycles. The number of aromatic nitrogens is 6. The summed E-state index contributed by atoms with van der Waals surface area (Å²) in [7, 11) is 3.39. The number of methoxy groups -OCH3 is 2. The van der Waals surface area contributed by atoms with E-state index in [1.54, 1.807) is 40.5 Å². The van der Waals surface area contributed by atoms with Gasteiger partial charge in [-0.05, 0) is 60.7 Å². The molecule has 6 aromatic heterocycles. The number of anilines is 2. The molecular formula is C37H45BBrIN8O2. The van der Waals surface area contributed by atoms with Gasteiger partial charge in [0, 0.05) is 98.7 Å². The average Bonchev–Trinajstić information content (AvgIpc) is 3.85. The minimum atomic E-state index is -0.181. The molecule has 0 aromatic carbocycles. The van der Waals surface area contributed by atoms with Crippen LogP contribution in [0.4, 0.5) is 11.4 Å². The zero-order valence-corrected chi connectivity index (χ0v) is 31.1. The Bertz CT molecular complexity index is 2010. The van der Waals surface area contributed by atoms with Gasteiger partial charge in [-0.15, -0.1) is 35.7 Å². The van der Waals surface area contributed by atoms with Gasteiger partial charge in [0.25, 0.3) is 0 Å². The molecule has 262 valence electrons. The fraction of sp³-hybridized carbons (Fsp3) is 0.270. The molecule has 0 spiro atoms. The fourth-order valence-electron chi connectivity index (χ4n) is 3.97. The van der Waals surface area contributed by atoms with Crippen LogP contribution in [0.25, 0.3) is 16.9 Å². The number of nitrogens with zero attached hydrogens (tertiary/aromatic N) is 6. The smallest absolute Gasteiger partial charge is 0.383 e. The van der Waals surface area contributed by atoms with Gasteiger partial charge in [0.05, 0.1) is 19.4 Å². The molecular weight excluding hydrogens is 806 g/mol. The Labute approximate surface area is 319 Å². The first-order chi connectivity index (χ1) is 23.4. The Balaban J connectivity index is 0.000000336. The van der Waals surface area contributed by atoms with E-state index >= 15 is 0 Å². The lowest BCUT2D eigenvalue weighted by molar-refractivity contribution is 0.210. The minimum Gasteiger partial charge on any atom is -0.383 e. The van der Waals surface area contributed by atoms with Crippen molar-refractivity contribution in [3.63, 3.8) is 0 Å². The Morgan fingerprint density at radius 1 is 0.780 bits per heavy atom. The topological polar surface area (TPSA) is 94.4 Å². The highest BCUT2D eigenvalue weighted by Gasteiger charge is 2.01. The third kappa shape index (κ3) is 14.6. The molecule has 0 aliphatic heterocycles. The van der Waals surface area contributed by atoms with E-state index in [0.29, 0.717) is 13.2 Å². The second-order valence-corrected chi connectivity index (χ2v) is 11.6. The van der Waals surface area contributed by atoms with Gasteiger partial charge in [-0.1, -0.05) is 30.8 Å². The summed E-state index contributed by atoms with van der Waals surface area (Å²) in [6, 6.07) is 12.0. The first-order valence-corrected chi connectivity index (χ1v) is 16.7. The van der Waals surface area contributed by atoms with Gasteiger partial charge < -0.3 is 28.9 Å². The van der Waals surface area contributed by atoms with E-state index in [9.17, 15) is 0 Å². The zero-order chi connectivity index (χ0) is 34.6. The van der Waals surface area contributed by atoms with Gasteiger partial charge in [0.15, 0.2) is 0 Å². The molecule has 0 radical (unpaired) electrons. The quantitative estimate of drug-likeness (QED) is 0.0708. The van der Waals surface area contributed by atoms with Gasteiger partial charge in [-0.2, -0.15) is 0 Å². The molecule has 0 unspecified atom stereocenters. The maximum absolute atomic E-state index is 5.09. The van der Waals surface area contributed by atoms with Crippen molar-refractivity contribution in [1.29, 1.82) is 0 Å². The molecule has 0 aliphatic carbocycles. The zero-order valence-electron chi connectivity index (χ0n) is 27.3. The van der Waals surface area contributed by atoms with Crippen molar-refractivity contribution in [1.82, 2.24) is 28.2 Å². The van der Waals surface area contributed by atoms with Crippen molar-refractivity contribution in [3.8, 4) is 35.7 Å². The highest BCUT2D eigenvalue weighted by atomic mass is 127. The molecule has 0 amide bonds. The summed E-state index contributed by atoms with van der Waals surface area (Å²) >= 11 is 5.62. The second kappa shape index (κ2) is 24.6. The van der Waals surface area contributed by atoms with Gasteiger partial charge in [0.2, 0.25) is 0 Å². The van der Waals surface area contributed by atoms with E-state index in [4.69, 9.17) is 15.9 Å². The SMILES string of the molecule is Brc1ccn2ccnc2c1.C.C.C#CB(C#CC)C#CC.COCCNc1ccn2c(I)cnc2c1.COCCNc1ccn2ccnc2c1. The van der Waals surface area contributed by atoms with Crippen LogP contribution in [0, 0.1) is 39.4 Å². The summed E-state index contributed by atoms with van der Waals surface area (Å²) in [5.74, 6) is 13.4. The lowest BCUT2D eigenvalue weighted by Crippen LogP contribution is -2.07. The highest BCUT2D eigenvalue weighted by molar-refractivity contribution is 14.1. The van der Waals surface area contributed by atoms with E-state index in [2.05, 4.69) is 93.4 Å². The van der Waals surface area contributed by atoms with Gasteiger partial charge in [0.1, 0.15) is 20.6 Å². The molecule has 10 nitrogen and oxygen atoms in total. The summed E-state index contributed by atoms with van der Waals surface area (Å²) in [6.07, 6.45) is 20.3. The number of imidazole rings is 3. The van der Waals surface area contributed by atoms with E-state index in [1.165, 1.54) is 0 Å². The fourth-order valence-corrected chi connectivity index (χ4v) is 4.84. The van der Waals surface area contributed by atoms with E-state index in [0.717, 1.165) is 49.6 Å². The molecule has 0 saturated heterocycles. The first-order valence-electron chi connectivity index (χ1n) is 14.8. The van der Waals surface area contributed by atoms with Crippen LogP contribution in [0.2, 0.25) is 0 Å². The van der Waals surface area contributed by atoms with Crippen molar-refractivity contribution >= 4 is 73.5 Å². The number of pyridine rings is 3. The molecule has 0 aliphatic rings. The Kier molecular flexibility index (Phi) is 21.5. The molecule has 2 N–H and O–H groups in total. The maximum Gasteiger partial charge on any atom is 0.394 e. The number of terminal acetylenes is 1. The van der Waals surface area contributed by atoms with Crippen molar-refractivity contribution < 1.29 is 9.47 Å². The number of hydrogen-bond acceptors (Lipinski definition) is 7. The summed E-state index contributed by atoms with van der Waals surface area (Å²) in [5, 5.41) is 6.52. The highest BCUT2D eigenvalue weighted by Crippen LogP contribution is 2.14. The third-order valence-electron chi connectivity index (χ3n) is 6.24. The lowest BCUT2D eigenvalue weighted by atomic mass is 9.53. The first kappa shape index (κ1) is 43.6. The molecule has 13 heteroatoms. The second-order valence-electron chi connectivity index (χ2n) is 9.60. The van der Waals surface area contributed by atoms with E-state index < -0.39 is 0 Å². The molecule has 0 atom stereocenters. The van der Waals surface area contributed by atoms with Crippen molar-refractivity contribution in [2.45, 2.75) is 28.7 Å². The van der Waals surface area contributed by atoms with Crippen LogP contribution in [0.15, 0.2) is 90.4 Å². The Morgan fingerprint density at radius 2 is 1.30 bits per heavy atom. The van der Waals surface area contributed by atoms with E-state index in [-0.39, 0.29) is 21.6 Å². The number of nitrogens with one attached hydrogen (secondary N) is 2. The molecule has 6 aromatic rings. The summed E-state index contributed by atoms with van der Waals surface area (Å²) in [5.41, 5.74) is 5.02. The van der Waals surface area contributed by atoms with Gasteiger partial charge in [-0.25, -0.2) is 15.0 Å². The Morgan fingerprint density at radius 3 is 1.84 bits per heavy atom. The largest absolute Gasteiger partial charge is 0.394 e. The van der Waals surface area contributed by atoms with E-state index in [1.807, 2.05) is 86.8 Å². The standard InChI is InChI=1S/C10H12IN3O.C10H13N3O.C8H7B.C7H5BrN2.2CH4/c1-15-5-3-12-8-2-4-14-9(11)7-13-10(14)6-8;1-14-7-4-11-9-2-5-13-6-3-12-10(13)8-9;1-4-7-9(6-3)8-5-2;8-6-1-3-10-4-2-9-7(10)5-6;;/h2,4,6-7,12H,3,5H2,1H3;2-3,5-6,8,11H,4,7H2,1H3;3H,1-2H3;1-5H;2*1H4. The third-order valence-corrected chi connectivity index (χ3v) is 7.53. The number of fused-ring (bicyclic) bond motifs is 3. The van der Waals surface area contributed by atoms with Crippen LogP contribution in [0.3, 0.4) is 0 Å². The molecule has 6 heterocycles. The number of halogens is 2. The van der Waals surface area contributed by atoms with Gasteiger partial charge in [-0.3, -0.25) is 4.40 Å². The van der Waals surface area contributed by atoms with Crippen molar-refractivity contribution in [3.05, 3.63) is 94.1 Å². The average molecular weight is 851 g/mol. The monoisotopic (exact) mass is 850 g/mol. The maximum atomic E-state index is 5.09. The minimum absolute atomic E-state index is 0. The van der Waals surface area contributed by atoms with Crippen LogP contribution < -0.4 is 10.6 Å². The summed E-state index contributed by atoms with van der Waals surface area (Å²) in [6.45, 7) is 6.36. The van der Waals surface area contributed by atoms with Crippen LogP contribution in [-0.4, -0.2) is 75.4 Å². The molecule has 6 rings (SSSR count). The van der Waals surface area contributed by atoms with Crippen LogP contribution in [0.5, 0.6) is 0 Å². The van der Waals surface area contributed by atoms with Crippen LogP contribution >= 0.6 is 38.5 Å². The normalized spacial score (nSPS) is 9.22. The van der Waals surface area contributed by atoms with Crippen LogP contribution in [0.1, 0.15) is 28.7 Å². The Hall–Kier alpha value is -4.46. The summed E-state index contributed by atoms with van der Waals surface area (Å²) in [4.78, 5) is 12.6. The predicted octanol–water partition coefficient (Wildman–Crippen LogP) is 7.54. The number of hydrogen-bond donors (Lipinski definition) is 2. The predicted molar refractivity (Wildman–Crippen MR) is 222 cm³/mol. The molecule has 50 heavy (non-hydrogen) atoms. The molecule has 0 bridgehead atoms. The number of ether oxygens (including phenoxy) is 2. The van der Waals surface area contributed by atoms with Crippen LogP contribution in [-0.2, 0) is 9.47 Å². The van der Waals surface area contributed by atoms with Gasteiger partial charge >= 0.3 is 6.71 Å². The summed E-state index contributed by atoms with van der Waals surface area (Å²) < 4.78 is 18.1.